The Hall–Kier alpha value is -1.63. The average molecular weight is 389 g/mol. The molecule has 0 aromatic carbocycles. The molecule has 1 aromatic rings. The van der Waals surface area contributed by atoms with Crippen molar-refractivity contribution in [2.24, 2.45) is 11.8 Å². The van der Waals surface area contributed by atoms with Gasteiger partial charge in [0.2, 0.25) is 5.95 Å². The number of rotatable bonds is 4. The number of hydrogen-bond donors (Lipinski definition) is 2. The summed E-state index contributed by atoms with van der Waals surface area (Å²) in [6.07, 6.45) is 7.48. The maximum absolute atomic E-state index is 5.46. The van der Waals surface area contributed by atoms with Crippen LogP contribution >= 0.6 is 12.2 Å². The second-order valence-electron chi connectivity index (χ2n) is 8.68. The first-order valence-electron chi connectivity index (χ1n) is 10.5. The highest BCUT2D eigenvalue weighted by atomic mass is 32.1. The molecule has 2 unspecified atom stereocenters. The van der Waals surface area contributed by atoms with Gasteiger partial charge in [-0.05, 0) is 62.6 Å². The van der Waals surface area contributed by atoms with Crippen LogP contribution in [0.25, 0.3) is 0 Å². The average Bonchev–Trinajstić information content (AvgIpc) is 3.45. The van der Waals surface area contributed by atoms with Crippen LogP contribution in [0.3, 0.4) is 0 Å². The summed E-state index contributed by atoms with van der Waals surface area (Å²) in [6.45, 7) is 8.95. The van der Waals surface area contributed by atoms with Crippen molar-refractivity contribution in [3.05, 3.63) is 6.07 Å². The van der Waals surface area contributed by atoms with E-state index in [0.717, 1.165) is 37.8 Å². The molecule has 0 spiro atoms. The molecule has 2 aliphatic heterocycles. The van der Waals surface area contributed by atoms with Gasteiger partial charge in [0.25, 0.3) is 0 Å². The van der Waals surface area contributed by atoms with Crippen molar-refractivity contribution in [3.63, 3.8) is 0 Å². The monoisotopic (exact) mass is 388 g/mol. The third-order valence-electron chi connectivity index (χ3n) is 5.71. The van der Waals surface area contributed by atoms with Crippen LogP contribution in [0, 0.1) is 11.8 Å². The van der Waals surface area contributed by atoms with E-state index in [0.29, 0.717) is 28.9 Å². The molecule has 1 aromatic heterocycles. The zero-order valence-corrected chi connectivity index (χ0v) is 17.4. The Morgan fingerprint density at radius 3 is 2.26 bits per heavy atom. The zero-order valence-electron chi connectivity index (χ0n) is 16.6. The van der Waals surface area contributed by atoms with Crippen molar-refractivity contribution in [1.29, 1.82) is 0 Å². The Morgan fingerprint density at radius 1 is 1.00 bits per heavy atom. The van der Waals surface area contributed by atoms with E-state index in [1.807, 2.05) is 0 Å². The van der Waals surface area contributed by atoms with Gasteiger partial charge in [-0.15, -0.1) is 0 Å². The lowest BCUT2D eigenvalue weighted by atomic mass is 9.92. The molecule has 3 aliphatic rings. The van der Waals surface area contributed by atoms with E-state index >= 15 is 0 Å². The number of hydrogen-bond acceptors (Lipinski definition) is 5. The standard InChI is InChI=1S/C20H32N6S/c1-14-10-15(2)13-26(12-14)18-11-17(25-8-4-3-5-9-25)22-19(23-18)24-20(27)21-16-6-7-16/h11,14-16H,3-10,12-13H2,1-2H3,(H2,21,22,23,24,27). The Balaban J connectivity index is 1.57. The van der Waals surface area contributed by atoms with Gasteiger partial charge in [0.05, 0.1) is 0 Å². The maximum Gasteiger partial charge on any atom is 0.232 e. The number of aromatic nitrogens is 2. The first-order valence-corrected chi connectivity index (χ1v) is 10.9. The molecule has 2 saturated heterocycles. The van der Waals surface area contributed by atoms with Gasteiger partial charge in [-0.2, -0.15) is 9.97 Å². The van der Waals surface area contributed by atoms with Crippen LogP contribution in [-0.4, -0.2) is 47.3 Å². The molecular weight excluding hydrogens is 356 g/mol. The van der Waals surface area contributed by atoms with E-state index in [-0.39, 0.29) is 0 Å². The minimum atomic E-state index is 0.526. The fourth-order valence-corrected chi connectivity index (χ4v) is 4.58. The minimum absolute atomic E-state index is 0.526. The van der Waals surface area contributed by atoms with Crippen molar-refractivity contribution < 1.29 is 0 Å². The van der Waals surface area contributed by atoms with Gasteiger partial charge in [-0.1, -0.05) is 13.8 Å². The van der Waals surface area contributed by atoms with Gasteiger partial charge in [-0.25, -0.2) is 0 Å². The summed E-state index contributed by atoms with van der Waals surface area (Å²) in [5.41, 5.74) is 0. The summed E-state index contributed by atoms with van der Waals surface area (Å²) in [5, 5.41) is 7.21. The third kappa shape index (κ3) is 5.00. The molecule has 0 radical (unpaired) electrons. The minimum Gasteiger partial charge on any atom is -0.360 e. The highest BCUT2D eigenvalue weighted by molar-refractivity contribution is 7.80. The van der Waals surface area contributed by atoms with Crippen LogP contribution < -0.4 is 20.4 Å². The zero-order chi connectivity index (χ0) is 18.8. The molecule has 4 rings (SSSR count). The van der Waals surface area contributed by atoms with E-state index in [9.17, 15) is 0 Å². The number of thiocarbonyl (C=S) groups is 1. The molecule has 27 heavy (non-hydrogen) atoms. The quantitative estimate of drug-likeness (QED) is 0.767. The fourth-order valence-electron chi connectivity index (χ4n) is 4.33. The van der Waals surface area contributed by atoms with E-state index in [4.69, 9.17) is 22.2 Å². The second-order valence-corrected chi connectivity index (χ2v) is 9.09. The lowest BCUT2D eigenvalue weighted by Crippen LogP contribution is -2.40. The largest absolute Gasteiger partial charge is 0.360 e. The Bertz CT molecular complexity index is 660. The molecular formula is C20H32N6S. The highest BCUT2D eigenvalue weighted by Crippen LogP contribution is 2.29. The Labute approximate surface area is 168 Å². The number of nitrogens with one attached hydrogen (secondary N) is 2. The van der Waals surface area contributed by atoms with E-state index in [1.54, 1.807) is 0 Å². The molecule has 3 fully saturated rings. The van der Waals surface area contributed by atoms with Crippen molar-refractivity contribution in [3.8, 4) is 0 Å². The first kappa shape index (κ1) is 18.7. The molecule has 1 saturated carbocycles. The summed E-state index contributed by atoms with van der Waals surface area (Å²) in [7, 11) is 0. The SMILES string of the molecule is CC1CC(C)CN(c2cc(N3CCCCC3)nc(NC(=S)NC3CC3)n2)C1. The first-order chi connectivity index (χ1) is 13.1. The van der Waals surface area contributed by atoms with Crippen LogP contribution in [0.15, 0.2) is 6.07 Å². The van der Waals surface area contributed by atoms with Crippen molar-refractivity contribution >= 4 is 34.9 Å². The molecule has 2 atom stereocenters. The molecule has 3 heterocycles. The van der Waals surface area contributed by atoms with E-state index in [1.165, 1.54) is 38.5 Å². The summed E-state index contributed by atoms with van der Waals surface area (Å²) >= 11 is 5.46. The number of nitrogens with zero attached hydrogens (tertiary/aromatic N) is 4. The topological polar surface area (TPSA) is 56.3 Å². The van der Waals surface area contributed by atoms with Crippen LogP contribution in [-0.2, 0) is 0 Å². The van der Waals surface area contributed by atoms with Crippen LogP contribution in [0.5, 0.6) is 0 Å². The molecule has 1 aliphatic carbocycles. The van der Waals surface area contributed by atoms with Gasteiger partial charge in [0.1, 0.15) is 11.6 Å². The van der Waals surface area contributed by atoms with Crippen LogP contribution in [0.1, 0.15) is 52.4 Å². The third-order valence-corrected chi connectivity index (χ3v) is 5.93. The molecule has 7 heteroatoms. The Kier molecular flexibility index (Phi) is 5.66. The van der Waals surface area contributed by atoms with Crippen molar-refractivity contribution in [2.45, 2.75) is 58.4 Å². The normalized spacial score (nSPS) is 26.0. The summed E-state index contributed by atoms with van der Waals surface area (Å²) in [5.74, 6) is 4.06. The van der Waals surface area contributed by atoms with Crippen molar-refractivity contribution in [1.82, 2.24) is 15.3 Å². The summed E-state index contributed by atoms with van der Waals surface area (Å²) in [6, 6.07) is 2.71. The van der Waals surface area contributed by atoms with Crippen LogP contribution in [0.4, 0.5) is 17.6 Å². The number of anilines is 3. The van der Waals surface area contributed by atoms with Gasteiger partial charge in [0.15, 0.2) is 5.11 Å². The van der Waals surface area contributed by atoms with Gasteiger partial charge in [0, 0.05) is 38.3 Å². The van der Waals surface area contributed by atoms with E-state index < -0.39 is 0 Å². The Morgan fingerprint density at radius 2 is 1.63 bits per heavy atom. The smallest absolute Gasteiger partial charge is 0.232 e. The van der Waals surface area contributed by atoms with E-state index in [2.05, 4.69) is 40.3 Å². The molecule has 0 bridgehead atoms. The predicted octanol–water partition coefficient (Wildman–Crippen LogP) is 3.40. The van der Waals surface area contributed by atoms with Gasteiger partial charge in [-0.3, -0.25) is 0 Å². The molecule has 0 amide bonds. The summed E-state index contributed by atoms with van der Waals surface area (Å²) < 4.78 is 0. The fraction of sp³-hybridized carbons (Fsp3) is 0.750. The van der Waals surface area contributed by atoms with Gasteiger partial charge < -0.3 is 20.4 Å². The lowest BCUT2D eigenvalue weighted by molar-refractivity contribution is 0.355. The molecule has 6 nitrogen and oxygen atoms in total. The van der Waals surface area contributed by atoms with Crippen LogP contribution in [0.2, 0.25) is 0 Å². The number of piperidine rings is 2. The van der Waals surface area contributed by atoms with Gasteiger partial charge >= 0.3 is 0 Å². The maximum atomic E-state index is 5.46. The second kappa shape index (κ2) is 8.17. The highest BCUT2D eigenvalue weighted by Gasteiger charge is 2.25. The molecule has 2 N–H and O–H groups in total. The molecule has 148 valence electrons. The summed E-state index contributed by atoms with van der Waals surface area (Å²) in [4.78, 5) is 14.5. The predicted molar refractivity (Wildman–Crippen MR) is 116 cm³/mol. The van der Waals surface area contributed by atoms with Crippen molar-refractivity contribution in [2.75, 3.05) is 41.3 Å². The lowest BCUT2D eigenvalue weighted by Gasteiger charge is -2.36.